The van der Waals surface area contributed by atoms with Gasteiger partial charge in [0.05, 0.1) is 12.3 Å². The van der Waals surface area contributed by atoms with Crippen LogP contribution in [-0.2, 0) is 6.42 Å². The van der Waals surface area contributed by atoms with Gasteiger partial charge < -0.3 is 9.73 Å². The van der Waals surface area contributed by atoms with E-state index in [-0.39, 0.29) is 0 Å². The normalized spacial score (nSPS) is 17.9. The molecule has 3 aromatic rings. The number of anilines is 1. The third-order valence-electron chi connectivity index (χ3n) is 4.17. The van der Waals surface area contributed by atoms with E-state index in [9.17, 15) is 0 Å². The molecule has 0 spiro atoms. The molecule has 100 valence electrons. The van der Waals surface area contributed by atoms with Crippen LogP contribution in [-0.4, -0.2) is 0 Å². The zero-order valence-corrected chi connectivity index (χ0v) is 11.3. The standard InChI is InChI=1S/C18H17NO/c1-2-7-14-13(5-1)6-3-8-16(14)19-17-9-4-10-18-15(17)11-12-20-18/h1-3,5-8,11-12,17,19H,4,9-10H2. The highest BCUT2D eigenvalue weighted by molar-refractivity contribution is 5.93. The second kappa shape index (κ2) is 4.71. The highest BCUT2D eigenvalue weighted by Gasteiger charge is 2.22. The summed E-state index contributed by atoms with van der Waals surface area (Å²) in [4.78, 5) is 0. The van der Waals surface area contributed by atoms with Crippen molar-refractivity contribution in [2.45, 2.75) is 25.3 Å². The quantitative estimate of drug-likeness (QED) is 0.709. The van der Waals surface area contributed by atoms with Crippen molar-refractivity contribution in [3.05, 3.63) is 66.1 Å². The maximum Gasteiger partial charge on any atom is 0.109 e. The van der Waals surface area contributed by atoms with Gasteiger partial charge in [-0.15, -0.1) is 0 Å². The number of nitrogens with one attached hydrogen (secondary N) is 1. The lowest BCUT2D eigenvalue weighted by atomic mass is 9.93. The average molecular weight is 263 g/mol. The molecule has 0 saturated carbocycles. The Morgan fingerprint density at radius 3 is 2.90 bits per heavy atom. The zero-order chi connectivity index (χ0) is 13.4. The summed E-state index contributed by atoms with van der Waals surface area (Å²) < 4.78 is 5.57. The van der Waals surface area contributed by atoms with Gasteiger partial charge in [0, 0.05) is 23.1 Å². The summed E-state index contributed by atoms with van der Waals surface area (Å²) in [7, 11) is 0. The van der Waals surface area contributed by atoms with Crippen molar-refractivity contribution in [3.63, 3.8) is 0 Å². The minimum absolute atomic E-state index is 0.364. The van der Waals surface area contributed by atoms with Crippen molar-refractivity contribution in [3.8, 4) is 0 Å². The predicted molar refractivity (Wildman–Crippen MR) is 82.0 cm³/mol. The Morgan fingerprint density at radius 1 is 1.00 bits per heavy atom. The number of hydrogen-bond acceptors (Lipinski definition) is 2. The van der Waals surface area contributed by atoms with Gasteiger partial charge in [-0.2, -0.15) is 0 Å². The maximum atomic E-state index is 5.57. The number of aryl methyl sites for hydroxylation is 1. The fourth-order valence-corrected chi connectivity index (χ4v) is 3.18. The first-order chi connectivity index (χ1) is 9.92. The van der Waals surface area contributed by atoms with Crippen LogP contribution in [0.4, 0.5) is 5.69 Å². The Labute approximate surface area is 118 Å². The molecular formula is C18H17NO. The van der Waals surface area contributed by atoms with Crippen LogP contribution in [0.2, 0.25) is 0 Å². The smallest absolute Gasteiger partial charge is 0.109 e. The third-order valence-corrected chi connectivity index (χ3v) is 4.17. The second-order valence-electron chi connectivity index (χ2n) is 5.41. The Hall–Kier alpha value is -2.22. The summed E-state index contributed by atoms with van der Waals surface area (Å²) in [5.74, 6) is 1.15. The van der Waals surface area contributed by atoms with Gasteiger partial charge in [0.2, 0.25) is 0 Å². The summed E-state index contributed by atoms with van der Waals surface area (Å²) in [6, 6.07) is 17.4. The molecule has 0 saturated heterocycles. The molecule has 0 aliphatic heterocycles. The van der Waals surface area contributed by atoms with Crippen LogP contribution in [0.3, 0.4) is 0 Å². The van der Waals surface area contributed by atoms with Gasteiger partial charge in [-0.3, -0.25) is 0 Å². The lowest BCUT2D eigenvalue weighted by Gasteiger charge is -2.24. The van der Waals surface area contributed by atoms with Crippen LogP contribution >= 0.6 is 0 Å². The van der Waals surface area contributed by atoms with Crippen molar-refractivity contribution < 1.29 is 4.42 Å². The van der Waals surface area contributed by atoms with E-state index in [1.807, 2.05) is 6.26 Å². The minimum atomic E-state index is 0.364. The van der Waals surface area contributed by atoms with Crippen molar-refractivity contribution in [1.29, 1.82) is 0 Å². The number of hydrogen-bond donors (Lipinski definition) is 1. The molecule has 0 radical (unpaired) electrons. The third kappa shape index (κ3) is 1.88. The summed E-state index contributed by atoms with van der Waals surface area (Å²) in [6.45, 7) is 0. The van der Waals surface area contributed by atoms with Crippen molar-refractivity contribution in [2.24, 2.45) is 0 Å². The van der Waals surface area contributed by atoms with Gasteiger partial charge >= 0.3 is 0 Å². The van der Waals surface area contributed by atoms with E-state index >= 15 is 0 Å². The molecule has 2 nitrogen and oxygen atoms in total. The molecule has 1 atom stereocenters. The van der Waals surface area contributed by atoms with Crippen LogP contribution in [0, 0.1) is 0 Å². The van der Waals surface area contributed by atoms with Crippen molar-refractivity contribution in [2.75, 3.05) is 5.32 Å². The summed E-state index contributed by atoms with van der Waals surface area (Å²) in [5.41, 5.74) is 2.53. The van der Waals surface area contributed by atoms with Crippen molar-refractivity contribution >= 4 is 16.5 Å². The molecule has 0 fully saturated rings. The lowest BCUT2D eigenvalue weighted by molar-refractivity contribution is 0.461. The van der Waals surface area contributed by atoms with Gasteiger partial charge in [-0.05, 0) is 30.4 Å². The zero-order valence-electron chi connectivity index (χ0n) is 11.3. The first-order valence-corrected chi connectivity index (χ1v) is 7.22. The van der Waals surface area contributed by atoms with E-state index < -0.39 is 0 Å². The minimum Gasteiger partial charge on any atom is -0.469 e. The predicted octanol–water partition coefficient (Wildman–Crippen LogP) is 4.92. The fourth-order valence-electron chi connectivity index (χ4n) is 3.18. The first kappa shape index (κ1) is 11.6. The van der Waals surface area contributed by atoms with E-state index in [1.54, 1.807) is 0 Å². The fraction of sp³-hybridized carbons (Fsp3) is 0.222. The average Bonchev–Trinajstić information content (AvgIpc) is 2.97. The van der Waals surface area contributed by atoms with E-state index in [1.165, 1.54) is 28.4 Å². The van der Waals surface area contributed by atoms with E-state index in [2.05, 4.69) is 53.8 Å². The molecule has 1 aliphatic rings. The molecule has 1 aromatic heterocycles. The molecule has 0 amide bonds. The monoisotopic (exact) mass is 263 g/mol. The molecule has 0 bridgehead atoms. The van der Waals surface area contributed by atoms with Crippen LogP contribution in [0.15, 0.2) is 59.2 Å². The molecule has 4 rings (SSSR count). The van der Waals surface area contributed by atoms with Gasteiger partial charge in [0.1, 0.15) is 5.76 Å². The summed E-state index contributed by atoms with van der Waals surface area (Å²) >= 11 is 0. The Morgan fingerprint density at radius 2 is 1.90 bits per heavy atom. The SMILES string of the molecule is c1ccc2c(NC3CCCc4occc43)cccc2c1. The van der Waals surface area contributed by atoms with Gasteiger partial charge in [0.25, 0.3) is 0 Å². The van der Waals surface area contributed by atoms with E-state index in [0.717, 1.165) is 18.6 Å². The topological polar surface area (TPSA) is 25.2 Å². The van der Waals surface area contributed by atoms with Gasteiger partial charge in [-0.25, -0.2) is 0 Å². The molecule has 1 aliphatic carbocycles. The van der Waals surface area contributed by atoms with E-state index in [0.29, 0.717) is 6.04 Å². The van der Waals surface area contributed by atoms with Crippen LogP contribution < -0.4 is 5.32 Å². The van der Waals surface area contributed by atoms with Crippen molar-refractivity contribution in [1.82, 2.24) is 0 Å². The highest BCUT2D eigenvalue weighted by Crippen LogP contribution is 2.35. The summed E-state index contributed by atoms with van der Waals surface area (Å²) in [6.07, 6.45) is 5.22. The molecule has 1 heterocycles. The molecule has 20 heavy (non-hydrogen) atoms. The molecule has 2 aromatic carbocycles. The van der Waals surface area contributed by atoms with Gasteiger partial charge in [-0.1, -0.05) is 36.4 Å². The Bertz CT molecular complexity index is 739. The maximum absolute atomic E-state index is 5.57. The molecule has 1 unspecified atom stereocenters. The molecular weight excluding hydrogens is 246 g/mol. The second-order valence-corrected chi connectivity index (χ2v) is 5.41. The van der Waals surface area contributed by atoms with Crippen LogP contribution in [0.5, 0.6) is 0 Å². The largest absolute Gasteiger partial charge is 0.469 e. The first-order valence-electron chi connectivity index (χ1n) is 7.22. The number of rotatable bonds is 2. The Kier molecular flexibility index (Phi) is 2.73. The molecule has 2 heteroatoms. The number of benzene rings is 2. The van der Waals surface area contributed by atoms with Crippen LogP contribution in [0.1, 0.15) is 30.2 Å². The Balaban J connectivity index is 1.73. The van der Waals surface area contributed by atoms with Gasteiger partial charge in [0.15, 0.2) is 0 Å². The van der Waals surface area contributed by atoms with E-state index in [4.69, 9.17) is 4.42 Å². The van der Waals surface area contributed by atoms with Crippen LogP contribution in [0.25, 0.3) is 10.8 Å². The number of furan rings is 1. The highest BCUT2D eigenvalue weighted by atomic mass is 16.3. The molecule has 1 N–H and O–H groups in total. The summed E-state index contributed by atoms with van der Waals surface area (Å²) in [5, 5.41) is 6.27. The number of fused-ring (bicyclic) bond motifs is 2. The lowest BCUT2D eigenvalue weighted by Crippen LogP contribution is -2.16.